The van der Waals surface area contributed by atoms with Crippen molar-refractivity contribution < 1.29 is 12.8 Å². The van der Waals surface area contributed by atoms with Gasteiger partial charge in [0.2, 0.25) is 10.0 Å². The van der Waals surface area contributed by atoms with Gasteiger partial charge in [-0.05, 0) is 72.9 Å². The Balaban J connectivity index is 1.50. The van der Waals surface area contributed by atoms with Gasteiger partial charge in [0.1, 0.15) is 11.8 Å². The highest BCUT2D eigenvalue weighted by Gasteiger charge is 2.42. The van der Waals surface area contributed by atoms with Crippen molar-refractivity contribution in [2.24, 2.45) is 0 Å². The number of furan rings is 1. The third-order valence-corrected chi connectivity index (χ3v) is 7.25. The van der Waals surface area contributed by atoms with Crippen LogP contribution < -0.4 is 14.9 Å². The van der Waals surface area contributed by atoms with Gasteiger partial charge in [0, 0.05) is 22.5 Å². The van der Waals surface area contributed by atoms with Crippen LogP contribution >= 0.6 is 24.0 Å². The third-order valence-electron chi connectivity index (χ3n) is 5.40. The highest BCUT2D eigenvalue weighted by Crippen LogP contribution is 2.43. The van der Waals surface area contributed by atoms with Gasteiger partial charge in [-0.25, -0.2) is 8.42 Å². The van der Waals surface area contributed by atoms with E-state index >= 15 is 0 Å². The van der Waals surface area contributed by atoms with Crippen LogP contribution in [-0.4, -0.2) is 24.8 Å². The summed E-state index contributed by atoms with van der Waals surface area (Å²) in [5, 5.41) is 4.70. The fraction of sp³-hybridized carbons (Fsp3) is 0.120. The molecule has 5 rings (SSSR count). The summed E-state index contributed by atoms with van der Waals surface area (Å²) in [5.74, 6) is 0.741. The monoisotopic (exact) mass is 522 g/mol. The Kier molecular flexibility index (Phi) is 6.50. The summed E-state index contributed by atoms with van der Waals surface area (Å²) in [5.41, 5.74) is 2.12. The van der Waals surface area contributed by atoms with Crippen molar-refractivity contribution in [1.29, 1.82) is 0 Å². The molecular formula is C25H22N4O3S3. The van der Waals surface area contributed by atoms with E-state index in [1.165, 1.54) is 0 Å². The predicted octanol–water partition coefficient (Wildman–Crippen LogP) is 5.37. The van der Waals surface area contributed by atoms with Crippen LogP contribution in [0.15, 0.2) is 106 Å². The minimum atomic E-state index is -3.37. The number of aromatic nitrogens is 1. The Morgan fingerprint density at radius 3 is 2.43 bits per heavy atom. The molecule has 1 aliphatic rings. The van der Waals surface area contributed by atoms with Crippen molar-refractivity contribution in [2.75, 3.05) is 15.9 Å². The standard InChI is InChI=1S/C25H22N4O3S3/c1-35(30,31)28-17-10-12-18(13-11-17)29-24(23(27-25(29)33)20-9-5-6-16-26-20)21-14-15-22(32-21)34-19-7-3-2-4-8-19/h2-16,23-24,28H,1H3,(H,27,33)/t23-,24-/m0/s1. The van der Waals surface area contributed by atoms with Crippen molar-refractivity contribution in [3.05, 3.63) is 103 Å². The molecular weight excluding hydrogens is 501 g/mol. The number of hydrogen-bond donors (Lipinski definition) is 2. The lowest BCUT2D eigenvalue weighted by Crippen LogP contribution is -2.29. The molecule has 0 saturated carbocycles. The average molecular weight is 523 g/mol. The van der Waals surface area contributed by atoms with Gasteiger partial charge in [-0.15, -0.1) is 0 Å². The fourth-order valence-corrected chi connectivity index (χ4v) is 5.69. The second-order valence-corrected chi connectivity index (χ2v) is 11.2. The maximum absolute atomic E-state index is 11.6. The van der Waals surface area contributed by atoms with Crippen LogP contribution in [0.2, 0.25) is 0 Å². The maximum atomic E-state index is 11.6. The second kappa shape index (κ2) is 9.73. The molecule has 2 atom stereocenters. The molecule has 2 N–H and O–H groups in total. The fourth-order valence-electron chi connectivity index (χ4n) is 3.98. The highest BCUT2D eigenvalue weighted by molar-refractivity contribution is 7.99. The van der Waals surface area contributed by atoms with Gasteiger partial charge in [0.25, 0.3) is 0 Å². The molecule has 0 amide bonds. The molecule has 4 aromatic rings. The van der Waals surface area contributed by atoms with Crippen LogP contribution in [-0.2, 0) is 10.0 Å². The van der Waals surface area contributed by atoms with Crippen LogP contribution in [0, 0.1) is 0 Å². The molecule has 1 aliphatic heterocycles. The number of nitrogens with one attached hydrogen (secondary N) is 2. The first kappa shape index (κ1) is 23.4. The largest absolute Gasteiger partial charge is 0.452 e. The van der Waals surface area contributed by atoms with Gasteiger partial charge in [-0.3, -0.25) is 9.71 Å². The second-order valence-electron chi connectivity index (χ2n) is 7.99. The first-order valence-corrected chi connectivity index (χ1v) is 13.9. The van der Waals surface area contributed by atoms with Gasteiger partial charge in [-0.1, -0.05) is 36.0 Å². The van der Waals surface area contributed by atoms with Crippen LogP contribution in [0.1, 0.15) is 23.5 Å². The van der Waals surface area contributed by atoms with E-state index in [0.717, 1.165) is 33.4 Å². The summed E-state index contributed by atoms with van der Waals surface area (Å²) >= 11 is 7.29. The summed E-state index contributed by atoms with van der Waals surface area (Å²) in [6.45, 7) is 0. The molecule has 35 heavy (non-hydrogen) atoms. The van der Waals surface area contributed by atoms with Gasteiger partial charge in [0.15, 0.2) is 10.2 Å². The Morgan fingerprint density at radius 2 is 1.74 bits per heavy atom. The van der Waals surface area contributed by atoms with E-state index in [9.17, 15) is 8.42 Å². The number of sulfonamides is 1. The van der Waals surface area contributed by atoms with Crippen molar-refractivity contribution in [3.8, 4) is 0 Å². The molecule has 1 fully saturated rings. The average Bonchev–Trinajstić information content (AvgIpc) is 3.44. The van der Waals surface area contributed by atoms with Crippen molar-refractivity contribution in [3.63, 3.8) is 0 Å². The van der Waals surface area contributed by atoms with Crippen LogP contribution in [0.25, 0.3) is 0 Å². The van der Waals surface area contributed by atoms with Crippen molar-refractivity contribution in [1.82, 2.24) is 10.3 Å². The van der Waals surface area contributed by atoms with Crippen LogP contribution in [0.4, 0.5) is 11.4 Å². The minimum Gasteiger partial charge on any atom is -0.452 e. The quantitative estimate of drug-likeness (QED) is 0.313. The van der Waals surface area contributed by atoms with E-state index in [4.69, 9.17) is 16.6 Å². The van der Waals surface area contributed by atoms with Gasteiger partial charge in [-0.2, -0.15) is 0 Å². The lowest BCUT2D eigenvalue weighted by atomic mass is 10.0. The van der Waals surface area contributed by atoms with E-state index in [1.54, 1.807) is 30.1 Å². The molecule has 0 aliphatic carbocycles. The first-order valence-electron chi connectivity index (χ1n) is 10.8. The Labute approximate surface area is 213 Å². The Bertz CT molecular complexity index is 1430. The summed E-state index contributed by atoms with van der Waals surface area (Å²) < 4.78 is 32.0. The summed E-state index contributed by atoms with van der Waals surface area (Å²) in [7, 11) is -3.37. The number of thiocarbonyl (C=S) groups is 1. The van der Waals surface area contributed by atoms with Gasteiger partial charge in [0.05, 0.1) is 18.0 Å². The van der Waals surface area contributed by atoms with E-state index in [1.807, 2.05) is 77.7 Å². The molecule has 2 aromatic heterocycles. The summed E-state index contributed by atoms with van der Waals surface area (Å²) in [6.07, 6.45) is 2.88. The number of hydrogen-bond acceptors (Lipinski definition) is 6. The summed E-state index contributed by atoms with van der Waals surface area (Å²) in [4.78, 5) is 7.62. The number of benzene rings is 2. The smallest absolute Gasteiger partial charge is 0.229 e. The third kappa shape index (κ3) is 5.34. The van der Waals surface area contributed by atoms with E-state index < -0.39 is 10.0 Å². The highest BCUT2D eigenvalue weighted by atomic mass is 32.2. The molecule has 2 aromatic carbocycles. The van der Waals surface area contributed by atoms with E-state index in [2.05, 4.69) is 15.0 Å². The molecule has 7 nitrogen and oxygen atoms in total. The normalized spacial score (nSPS) is 17.9. The molecule has 0 unspecified atom stereocenters. The van der Waals surface area contributed by atoms with Crippen LogP contribution in [0.5, 0.6) is 0 Å². The minimum absolute atomic E-state index is 0.238. The van der Waals surface area contributed by atoms with Crippen molar-refractivity contribution >= 4 is 50.5 Å². The number of pyridine rings is 1. The lowest BCUT2D eigenvalue weighted by molar-refractivity contribution is 0.383. The predicted molar refractivity (Wildman–Crippen MR) is 142 cm³/mol. The van der Waals surface area contributed by atoms with Crippen LogP contribution in [0.3, 0.4) is 0 Å². The number of anilines is 2. The van der Waals surface area contributed by atoms with E-state index in [-0.39, 0.29) is 12.1 Å². The Morgan fingerprint density at radius 1 is 1.00 bits per heavy atom. The molecule has 0 radical (unpaired) electrons. The van der Waals surface area contributed by atoms with Gasteiger partial charge >= 0.3 is 0 Å². The zero-order valence-electron chi connectivity index (χ0n) is 18.7. The SMILES string of the molecule is CS(=O)(=O)Nc1ccc(N2C(=S)N[C@@H](c3ccccn3)[C@@H]2c2ccc(Sc3ccccc3)o2)cc1. The van der Waals surface area contributed by atoms with Crippen molar-refractivity contribution in [2.45, 2.75) is 22.1 Å². The summed E-state index contributed by atoms with van der Waals surface area (Å²) in [6, 6.07) is 26.3. The molecule has 0 bridgehead atoms. The van der Waals surface area contributed by atoms with Gasteiger partial charge < -0.3 is 14.6 Å². The molecule has 3 heterocycles. The maximum Gasteiger partial charge on any atom is 0.229 e. The molecule has 0 spiro atoms. The topological polar surface area (TPSA) is 87.5 Å². The number of nitrogens with zero attached hydrogens (tertiary/aromatic N) is 2. The Hall–Kier alpha value is -3.34. The molecule has 1 saturated heterocycles. The lowest BCUT2D eigenvalue weighted by Gasteiger charge is -2.26. The molecule has 10 heteroatoms. The first-order chi connectivity index (χ1) is 16.9. The number of rotatable bonds is 7. The zero-order valence-corrected chi connectivity index (χ0v) is 21.1. The molecule has 178 valence electrons. The van der Waals surface area contributed by atoms with E-state index in [0.29, 0.717) is 10.8 Å². The zero-order chi connectivity index (χ0) is 24.4.